The third-order valence-electron chi connectivity index (χ3n) is 2.54. The summed E-state index contributed by atoms with van der Waals surface area (Å²) in [5.41, 5.74) is 7.75. The fraction of sp³-hybridized carbons (Fsp3) is 0.214. The van der Waals surface area contributed by atoms with E-state index in [1.807, 2.05) is 38.1 Å². The van der Waals surface area contributed by atoms with Gasteiger partial charge in [-0.2, -0.15) is 0 Å². The van der Waals surface area contributed by atoms with E-state index >= 15 is 0 Å². The SMILES string of the molecule is CCOc1ccccc1Nc1nc(C)cc(C(N)=S)n1. The summed E-state index contributed by atoms with van der Waals surface area (Å²) < 4.78 is 5.55. The van der Waals surface area contributed by atoms with E-state index in [0.717, 1.165) is 17.1 Å². The van der Waals surface area contributed by atoms with Crippen LogP contribution in [0.3, 0.4) is 0 Å². The Hall–Kier alpha value is -2.21. The van der Waals surface area contributed by atoms with Gasteiger partial charge >= 0.3 is 0 Å². The van der Waals surface area contributed by atoms with Crippen molar-refractivity contribution in [2.75, 3.05) is 11.9 Å². The van der Waals surface area contributed by atoms with Crippen molar-refractivity contribution in [1.82, 2.24) is 9.97 Å². The Morgan fingerprint density at radius 2 is 2.10 bits per heavy atom. The van der Waals surface area contributed by atoms with Gasteiger partial charge in [0.25, 0.3) is 0 Å². The molecule has 1 aromatic heterocycles. The molecule has 0 bridgehead atoms. The average molecular weight is 288 g/mol. The minimum atomic E-state index is 0.247. The van der Waals surface area contributed by atoms with Crippen LogP contribution in [0.5, 0.6) is 5.75 Å². The van der Waals surface area contributed by atoms with E-state index < -0.39 is 0 Å². The van der Waals surface area contributed by atoms with Crippen molar-refractivity contribution in [2.24, 2.45) is 5.73 Å². The minimum Gasteiger partial charge on any atom is -0.492 e. The maximum atomic E-state index is 5.61. The number of aryl methyl sites for hydroxylation is 1. The van der Waals surface area contributed by atoms with E-state index in [4.69, 9.17) is 22.7 Å². The molecule has 6 heteroatoms. The molecule has 2 aromatic rings. The van der Waals surface area contributed by atoms with Crippen LogP contribution in [0.4, 0.5) is 11.6 Å². The normalized spacial score (nSPS) is 10.1. The van der Waals surface area contributed by atoms with Gasteiger partial charge in [-0.25, -0.2) is 9.97 Å². The summed E-state index contributed by atoms with van der Waals surface area (Å²) in [5.74, 6) is 1.19. The number of nitrogens with two attached hydrogens (primary N) is 1. The zero-order valence-electron chi connectivity index (χ0n) is 11.4. The molecule has 0 unspecified atom stereocenters. The van der Waals surface area contributed by atoms with Crippen LogP contribution in [0.2, 0.25) is 0 Å². The maximum Gasteiger partial charge on any atom is 0.228 e. The van der Waals surface area contributed by atoms with E-state index in [2.05, 4.69) is 15.3 Å². The summed E-state index contributed by atoms with van der Waals surface area (Å²) in [6.07, 6.45) is 0. The Morgan fingerprint density at radius 3 is 2.80 bits per heavy atom. The van der Waals surface area contributed by atoms with Gasteiger partial charge in [0, 0.05) is 5.69 Å². The number of hydrogen-bond donors (Lipinski definition) is 2. The van der Waals surface area contributed by atoms with Crippen molar-refractivity contribution in [1.29, 1.82) is 0 Å². The van der Waals surface area contributed by atoms with Crippen LogP contribution in [-0.2, 0) is 0 Å². The fourth-order valence-corrected chi connectivity index (χ4v) is 1.83. The van der Waals surface area contributed by atoms with Gasteiger partial charge in [-0.1, -0.05) is 24.4 Å². The Bertz CT molecular complexity index is 630. The van der Waals surface area contributed by atoms with Gasteiger partial charge in [-0.05, 0) is 32.0 Å². The highest BCUT2D eigenvalue weighted by Crippen LogP contribution is 2.26. The standard InChI is InChI=1S/C14H16N4OS/c1-3-19-12-7-5-4-6-10(12)17-14-16-9(2)8-11(18-14)13(15)20/h4-8H,3H2,1-2H3,(H2,15,20)(H,16,17,18). The molecule has 0 aliphatic heterocycles. The van der Waals surface area contributed by atoms with Gasteiger partial charge in [-0.15, -0.1) is 0 Å². The van der Waals surface area contributed by atoms with Crippen LogP contribution in [0.25, 0.3) is 0 Å². The molecule has 0 fully saturated rings. The molecule has 0 atom stereocenters. The zero-order valence-corrected chi connectivity index (χ0v) is 12.2. The lowest BCUT2D eigenvalue weighted by atomic mass is 10.3. The first-order valence-electron chi connectivity index (χ1n) is 6.24. The zero-order chi connectivity index (χ0) is 14.5. The van der Waals surface area contributed by atoms with Gasteiger partial charge in [0.1, 0.15) is 16.4 Å². The van der Waals surface area contributed by atoms with Gasteiger partial charge in [0.15, 0.2) is 0 Å². The Morgan fingerprint density at radius 1 is 1.35 bits per heavy atom. The molecule has 0 aliphatic carbocycles. The second-order valence-electron chi connectivity index (χ2n) is 4.14. The van der Waals surface area contributed by atoms with Gasteiger partial charge in [0.05, 0.1) is 12.3 Å². The molecule has 3 N–H and O–H groups in total. The van der Waals surface area contributed by atoms with E-state index in [1.165, 1.54) is 0 Å². The Kier molecular flexibility index (Phi) is 4.47. The molecule has 5 nitrogen and oxygen atoms in total. The largest absolute Gasteiger partial charge is 0.492 e. The highest BCUT2D eigenvalue weighted by molar-refractivity contribution is 7.80. The number of aromatic nitrogens is 2. The third kappa shape index (κ3) is 3.42. The van der Waals surface area contributed by atoms with E-state index in [9.17, 15) is 0 Å². The molecule has 0 saturated heterocycles. The third-order valence-corrected chi connectivity index (χ3v) is 2.75. The molecular formula is C14H16N4OS. The molecular weight excluding hydrogens is 272 g/mol. The van der Waals surface area contributed by atoms with Gasteiger partial charge < -0.3 is 15.8 Å². The minimum absolute atomic E-state index is 0.247. The number of thiocarbonyl (C=S) groups is 1. The van der Waals surface area contributed by atoms with E-state index in [-0.39, 0.29) is 4.99 Å². The lowest BCUT2D eigenvalue weighted by Gasteiger charge is -2.12. The van der Waals surface area contributed by atoms with Crippen molar-refractivity contribution in [3.63, 3.8) is 0 Å². The maximum absolute atomic E-state index is 5.61. The number of benzene rings is 1. The number of rotatable bonds is 5. The van der Waals surface area contributed by atoms with Crippen LogP contribution in [0, 0.1) is 6.92 Å². The average Bonchev–Trinajstić information content (AvgIpc) is 2.40. The molecule has 0 spiro atoms. The van der Waals surface area contributed by atoms with Crippen LogP contribution in [0.1, 0.15) is 18.3 Å². The predicted molar refractivity (Wildman–Crippen MR) is 83.6 cm³/mol. The second kappa shape index (κ2) is 6.29. The summed E-state index contributed by atoms with van der Waals surface area (Å²) in [6.45, 7) is 4.39. The summed E-state index contributed by atoms with van der Waals surface area (Å²) in [7, 11) is 0. The van der Waals surface area contributed by atoms with Gasteiger partial charge in [-0.3, -0.25) is 0 Å². The Labute approximate surface area is 123 Å². The first-order valence-corrected chi connectivity index (χ1v) is 6.65. The molecule has 20 heavy (non-hydrogen) atoms. The molecule has 2 rings (SSSR count). The van der Waals surface area contributed by atoms with Crippen LogP contribution in [-0.4, -0.2) is 21.6 Å². The van der Waals surface area contributed by atoms with Crippen molar-refractivity contribution >= 4 is 28.8 Å². The summed E-state index contributed by atoms with van der Waals surface area (Å²) in [5, 5.41) is 3.13. The molecule has 104 valence electrons. The lowest BCUT2D eigenvalue weighted by molar-refractivity contribution is 0.342. The molecule has 0 saturated carbocycles. The lowest BCUT2D eigenvalue weighted by Crippen LogP contribution is -2.14. The number of hydrogen-bond acceptors (Lipinski definition) is 5. The van der Waals surface area contributed by atoms with Gasteiger partial charge in [0.2, 0.25) is 5.95 Å². The number of para-hydroxylation sites is 2. The quantitative estimate of drug-likeness (QED) is 0.824. The highest BCUT2D eigenvalue weighted by atomic mass is 32.1. The van der Waals surface area contributed by atoms with Crippen LogP contribution >= 0.6 is 12.2 Å². The topological polar surface area (TPSA) is 73.1 Å². The van der Waals surface area contributed by atoms with Crippen LogP contribution < -0.4 is 15.8 Å². The molecule has 1 aromatic carbocycles. The summed E-state index contributed by atoms with van der Waals surface area (Å²) in [6, 6.07) is 9.36. The number of nitrogens with one attached hydrogen (secondary N) is 1. The molecule has 0 aliphatic rings. The highest BCUT2D eigenvalue weighted by Gasteiger charge is 2.07. The van der Waals surface area contributed by atoms with E-state index in [0.29, 0.717) is 18.2 Å². The summed E-state index contributed by atoms with van der Waals surface area (Å²) >= 11 is 4.95. The molecule has 0 amide bonds. The second-order valence-corrected chi connectivity index (χ2v) is 4.58. The number of ether oxygens (including phenoxy) is 1. The predicted octanol–water partition coefficient (Wildman–Crippen LogP) is 2.56. The van der Waals surface area contributed by atoms with Crippen molar-refractivity contribution in [2.45, 2.75) is 13.8 Å². The van der Waals surface area contributed by atoms with E-state index in [1.54, 1.807) is 6.07 Å². The number of nitrogens with zero attached hydrogens (tertiary/aromatic N) is 2. The first kappa shape index (κ1) is 14.2. The Balaban J connectivity index is 2.32. The monoisotopic (exact) mass is 288 g/mol. The summed E-state index contributed by atoms with van der Waals surface area (Å²) in [4.78, 5) is 8.85. The smallest absolute Gasteiger partial charge is 0.228 e. The fourth-order valence-electron chi connectivity index (χ4n) is 1.72. The van der Waals surface area contributed by atoms with Crippen molar-refractivity contribution in [3.05, 3.63) is 41.7 Å². The van der Waals surface area contributed by atoms with Crippen molar-refractivity contribution < 1.29 is 4.74 Å². The molecule has 1 heterocycles. The molecule has 0 radical (unpaired) electrons. The van der Waals surface area contributed by atoms with Crippen molar-refractivity contribution in [3.8, 4) is 5.75 Å². The first-order chi connectivity index (χ1) is 9.60. The van der Waals surface area contributed by atoms with Crippen LogP contribution in [0.15, 0.2) is 30.3 Å². The number of anilines is 2.